The summed E-state index contributed by atoms with van der Waals surface area (Å²) in [5.74, 6) is 0.686. The average molecular weight is 359 g/mol. The highest BCUT2D eigenvalue weighted by Crippen LogP contribution is 2.22. The van der Waals surface area contributed by atoms with E-state index in [-0.39, 0.29) is 5.56 Å². The lowest BCUT2D eigenvalue weighted by Gasteiger charge is -2.22. The zero-order chi connectivity index (χ0) is 17.8. The van der Waals surface area contributed by atoms with E-state index in [1.54, 1.807) is 4.68 Å². The van der Waals surface area contributed by atoms with Crippen molar-refractivity contribution in [2.75, 3.05) is 11.9 Å². The monoisotopic (exact) mass is 358 g/mol. The SMILES string of the molecule is Cc1c(NC(=S)NCC2CCCCC2)c(=O)n(-c2ccccc2)n1C. The highest BCUT2D eigenvalue weighted by molar-refractivity contribution is 7.80. The summed E-state index contributed by atoms with van der Waals surface area (Å²) in [6.07, 6.45) is 6.50. The number of benzene rings is 1. The van der Waals surface area contributed by atoms with Crippen LogP contribution in [-0.2, 0) is 7.05 Å². The van der Waals surface area contributed by atoms with Gasteiger partial charge in [0.2, 0.25) is 0 Å². The third-order valence-corrected chi connectivity index (χ3v) is 5.32. The normalized spacial score (nSPS) is 15.1. The van der Waals surface area contributed by atoms with E-state index in [1.807, 2.05) is 49.0 Å². The smallest absolute Gasteiger partial charge is 0.295 e. The van der Waals surface area contributed by atoms with Crippen LogP contribution in [0.4, 0.5) is 5.69 Å². The minimum Gasteiger partial charge on any atom is -0.362 e. The summed E-state index contributed by atoms with van der Waals surface area (Å²) in [5.41, 5.74) is 2.14. The molecule has 0 radical (unpaired) electrons. The van der Waals surface area contributed by atoms with E-state index in [1.165, 1.54) is 32.1 Å². The molecular weight excluding hydrogens is 332 g/mol. The molecule has 1 heterocycles. The first-order valence-electron chi connectivity index (χ1n) is 8.97. The van der Waals surface area contributed by atoms with E-state index in [0.29, 0.717) is 16.7 Å². The van der Waals surface area contributed by atoms with E-state index in [0.717, 1.165) is 17.9 Å². The number of nitrogens with zero attached hydrogens (tertiary/aromatic N) is 2. The molecule has 2 aromatic rings. The lowest BCUT2D eigenvalue weighted by molar-refractivity contribution is 0.357. The van der Waals surface area contributed by atoms with Crippen LogP contribution in [0.2, 0.25) is 0 Å². The highest BCUT2D eigenvalue weighted by atomic mass is 32.1. The summed E-state index contributed by atoms with van der Waals surface area (Å²) < 4.78 is 3.51. The van der Waals surface area contributed by atoms with E-state index >= 15 is 0 Å². The lowest BCUT2D eigenvalue weighted by atomic mass is 9.89. The van der Waals surface area contributed by atoms with Crippen LogP contribution < -0.4 is 16.2 Å². The van der Waals surface area contributed by atoms with Gasteiger partial charge in [-0.3, -0.25) is 9.48 Å². The topological polar surface area (TPSA) is 51.0 Å². The molecule has 134 valence electrons. The maximum Gasteiger partial charge on any atom is 0.295 e. The molecule has 6 heteroatoms. The number of thiocarbonyl (C=S) groups is 1. The van der Waals surface area contributed by atoms with Crippen molar-refractivity contribution in [3.63, 3.8) is 0 Å². The fourth-order valence-electron chi connectivity index (χ4n) is 3.50. The summed E-state index contributed by atoms with van der Waals surface area (Å²) in [5, 5.41) is 6.93. The van der Waals surface area contributed by atoms with Gasteiger partial charge in [-0.2, -0.15) is 0 Å². The minimum atomic E-state index is -0.0898. The number of rotatable bonds is 4. The van der Waals surface area contributed by atoms with Gasteiger partial charge in [0, 0.05) is 13.6 Å². The van der Waals surface area contributed by atoms with Crippen LogP contribution in [0.25, 0.3) is 5.69 Å². The first-order chi connectivity index (χ1) is 12.1. The summed E-state index contributed by atoms with van der Waals surface area (Å²) in [4.78, 5) is 12.8. The molecule has 1 fully saturated rings. The Kier molecular flexibility index (Phi) is 5.58. The molecule has 0 spiro atoms. The molecule has 2 N–H and O–H groups in total. The van der Waals surface area contributed by atoms with Crippen molar-refractivity contribution in [2.45, 2.75) is 39.0 Å². The molecule has 1 aliphatic rings. The third-order valence-electron chi connectivity index (χ3n) is 5.07. The van der Waals surface area contributed by atoms with Crippen LogP contribution in [0.3, 0.4) is 0 Å². The van der Waals surface area contributed by atoms with E-state index < -0.39 is 0 Å². The predicted octanol–water partition coefficient (Wildman–Crippen LogP) is 3.35. The first-order valence-corrected chi connectivity index (χ1v) is 9.37. The summed E-state index contributed by atoms with van der Waals surface area (Å²) >= 11 is 5.41. The Bertz CT molecular complexity index is 788. The van der Waals surface area contributed by atoms with Crippen molar-refractivity contribution in [1.29, 1.82) is 0 Å². The van der Waals surface area contributed by atoms with E-state index in [9.17, 15) is 4.79 Å². The Morgan fingerprint density at radius 2 is 1.88 bits per heavy atom. The molecule has 0 bridgehead atoms. The zero-order valence-electron chi connectivity index (χ0n) is 14.9. The van der Waals surface area contributed by atoms with Gasteiger partial charge in [0.05, 0.1) is 11.4 Å². The number of hydrogen-bond donors (Lipinski definition) is 2. The van der Waals surface area contributed by atoms with Gasteiger partial charge in [-0.05, 0) is 50.0 Å². The largest absolute Gasteiger partial charge is 0.362 e. The fraction of sp³-hybridized carbons (Fsp3) is 0.474. The van der Waals surface area contributed by atoms with Crippen LogP contribution in [0.1, 0.15) is 37.8 Å². The van der Waals surface area contributed by atoms with E-state index in [2.05, 4.69) is 10.6 Å². The maximum atomic E-state index is 12.8. The predicted molar refractivity (Wildman–Crippen MR) is 107 cm³/mol. The van der Waals surface area contributed by atoms with Crippen LogP contribution in [0.15, 0.2) is 35.1 Å². The molecule has 0 unspecified atom stereocenters. The standard InChI is InChI=1S/C19H26N4OS/c1-14-17(21-19(25)20-13-15-9-5-3-6-10-15)18(24)23(22(14)2)16-11-7-4-8-12-16/h4,7-8,11-12,15H,3,5-6,9-10,13H2,1-2H3,(H2,20,21,25). The van der Waals surface area contributed by atoms with Crippen molar-refractivity contribution >= 4 is 23.0 Å². The van der Waals surface area contributed by atoms with Gasteiger partial charge in [-0.25, -0.2) is 4.68 Å². The Morgan fingerprint density at radius 1 is 1.20 bits per heavy atom. The molecule has 1 aliphatic carbocycles. The van der Waals surface area contributed by atoms with Crippen LogP contribution in [-0.4, -0.2) is 21.0 Å². The second-order valence-corrected chi connectivity index (χ2v) is 7.18. The molecule has 3 rings (SSSR count). The van der Waals surface area contributed by atoms with Crippen molar-refractivity contribution < 1.29 is 0 Å². The van der Waals surface area contributed by atoms with Crippen LogP contribution in [0.5, 0.6) is 0 Å². The van der Waals surface area contributed by atoms with Gasteiger partial charge in [-0.15, -0.1) is 0 Å². The Balaban J connectivity index is 1.72. The van der Waals surface area contributed by atoms with Crippen molar-refractivity contribution in [3.05, 3.63) is 46.4 Å². The lowest BCUT2D eigenvalue weighted by Crippen LogP contribution is -2.35. The zero-order valence-corrected chi connectivity index (χ0v) is 15.7. The molecule has 0 saturated heterocycles. The Morgan fingerprint density at radius 3 is 2.56 bits per heavy atom. The number of anilines is 1. The molecule has 5 nitrogen and oxygen atoms in total. The van der Waals surface area contributed by atoms with Crippen molar-refractivity contribution in [3.8, 4) is 5.69 Å². The summed E-state index contributed by atoms with van der Waals surface area (Å²) in [6.45, 7) is 2.80. The van der Waals surface area contributed by atoms with Gasteiger partial charge in [0.15, 0.2) is 5.11 Å². The molecule has 0 aliphatic heterocycles. The fourth-order valence-corrected chi connectivity index (χ4v) is 3.68. The number of para-hydroxylation sites is 1. The molecule has 1 saturated carbocycles. The van der Waals surface area contributed by atoms with Crippen molar-refractivity contribution in [2.24, 2.45) is 13.0 Å². The van der Waals surface area contributed by atoms with E-state index in [4.69, 9.17) is 12.2 Å². The quantitative estimate of drug-likeness (QED) is 0.823. The first kappa shape index (κ1) is 17.7. The molecule has 25 heavy (non-hydrogen) atoms. The average Bonchev–Trinajstić information content (AvgIpc) is 2.85. The third kappa shape index (κ3) is 3.95. The number of aromatic nitrogens is 2. The Hall–Kier alpha value is -2.08. The van der Waals surface area contributed by atoms with Crippen LogP contribution in [0, 0.1) is 12.8 Å². The maximum absolute atomic E-state index is 12.8. The second kappa shape index (κ2) is 7.87. The van der Waals surface area contributed by atoms with Gasteiger partial charge in [-0.1, -0.05) is 37.5 Å². The van der Waals surface area contributed by atoms with Crippen LogP contribution >= 0.6 is 12.2 Å². The second-order valence-electron chi connectivity index (χ2n) is 6.78. The summed E-state index contributed by atoms with van der Waals surface area (Å²) in [7, 11) is 1.88. The van der Waals surface area contributed by atoms with Gasteiger partial charge < -0.3 is 10.6 Å². The van der Waals surface area contributed by atoms with Crippen molar-refractivity contribution in [1.82, 2.24) is 14.7 Å². The van der Waals surface area contributed by atoms with Gasteiger partial charge in [0.1, 0.15) is 5.69 Å². The highest BCUT2D eigenvalue weighted by Gasteiger charge is 2.18. The molecular formula is C19H26N4OS. The molecule has 0 amide bonds. The molecule has 1 aromatic carbocycles. The van der Waals surface area contributed by atoms with Gasteiger partial charge in [0.25, 0.3) is 5.56 Å². The minimum absolute atomic E-state index is 0.0898. The number of nitrogens with one attached hydrogen (secondary N) is 2. The number of hydrogen-bond acceptors (Lipinski definition) is 2. The van der Waals surface area contributed by atoms with Gasteiger partial charge >= 0.3 is 0 Å². The molecule has 1 aromatic heterocycles. The summed E-state index contributed by atoms with van der Waals surface area (Å²) in [6, 6.07) is 9.63. The Labute approximate surface area is 154 Å². The molecule has 0 atom stereocenters.